The van der Waals surface area contributed by atoms with Crippen LogP contribution in [0.2, 0.25) is 10.0 Å². The number of para-hydroxylation sites is 2. The maximum atomic E-state index is 12.9. The Kier molecular flexibility index (Phi) is 4.69. The lowest BCUT2D eigenvalue weighted by atomic mass is 9.97. The number of H-pyrrole nitrogens is 1. The van der Waals surface area contributed by atoms with Gasteiger partial charge in [-0.1, -0.05) is 41.4 Å². The van der Waals surface area contributed by atoms with Crippen LogP contribution >= 0.6 is 23.2 Å². The number of piperidine rings is 1. The molecule has 4 rings (SSSR count). The Morgan fingerprint density at radius 2 is 1.77 bits per heavy atom. The second-order valence-electron chi connectivity index (χ2n) is 6.37. The van der Waals surface area contributed by atoms with E-state index in [1.54, 1.807) is 12.1 Å². The van der Waals surface area contributed by atoms with Crippen LogP contribution in [0.1, 0.15) is 24.6 Å². The molecule has 1 N–H and O–H groups in total. The van der Waals surface area contributed by atoms with Crippen molar-refractivity contribution in [3.8, 4) is 0 Å². The van der Waals surface area contributed by atoms with Crippen LogP contribution in [0.25, 0.3) is 11.0 Å². The van der Waals surface area contributed by atoms with Crippen molar-refractivity contribution in [2.45, 2.75) is 23.7 Å². The summed E-state index contributed by atoms with van der Waals surface area (Å²) in [7, 11) is -3.66. The van der Waals surface area contributed by atoms with Crippen LogP contribution in [0.15, 0.2) is 47.4 Å². The molecule has 2 heterocycles. The molecule has 1 aliphatic rings. The molecule has 0 bridgehead atoms. The van der Waals surface area contributed by atoms with Crippen molar-refractivity contribution in [1.29, 1.82) is 0 Å². The van der Waals surface area contributed by atoms with Crippen LogP contribution in [0.5, 0.6) is 0 Å². The number of aromatic amines is 1. The second-order valence-corrected chi connectivity index (χ2v) is 9.06. The summed E-state index contributed by atoms with van der Waals surface area (Å²) in [5, 5.41) is 0.318. The molecule has 1 aromatic heterocycles. The van der Waals surface area contributed by atoms with Gasteiger partial charge in [-0.25, -0.2) is 13.4 Å². The lowest BCUT2D eigenvalue weighted by Gasteiger charge is -2.30. The molecule has 136 valence electrons. The second kappa shape index (κ2) is 6.85. The summed E-state index contributed by atoms with van der Waals surface area (Å²) in [5.74, 6) is 1.13. The van der Waals surface area contributed by atoms with E-state index in [2.05, 4.69) is 9.97 Å². The minimum absolute atomic E-state index is 0.0638. The molecule has 1 aliphatic heterocycles. The Balaban J connectivity index is 1.53. The molecular weight excluding hydrogens is 393 g/mol. The predicted molar refractivity (Wildman–Crippen MR) is 103 cm³/mol. The Bertz CT molecular complexity index is 1020. The van der Waals surface area contributed by atoms with Gasteiger partial charge >= 0.3 is 0 Å². The normalized spacial score (nSPS) is 17.0. The fraction of sp³-hybridized carbons (Fsp3) is 0.278. The number of benzene rings is 2. The van der Waals surface area contributed by atoms with E-state index in [1.807, 2.05) is 24.3 Å². The van der Waals surface area contributed by atoms with Crippen LogP contribution in [0.4, 0.5) is 0 Å². The molecule has 0 unspecified atom stereocenters. The molecule has 1 fully saturated rings. The van der Waals surface area contributed by atoms with Crippen molar-refractivity contribution >= 4 is 44.3 Å². The van der Waals surface area contributed by atoms with E-state index < -0.39 is 10.0 Å². The Labute approximate surface area is 162 Å². The quantitative estimate of drug-likeness (QED) is 0.695. The van der Waals surface area contributed by atoms with E-state index >= 15 is 0 Å². The average Bonchev–Trinajstić information content (AvgIpc) is 3.08. The third kappa shape index (κ3) is 3.11. The molecule has 8 heteroatoms. The third-order valence-corrected chi connectivity index (χ3v) is 7.65. The highest BCUT2D eigenvalue weighted by Gasteiger charge is 2.32. The van der Waals surface area contributed by atoms with Gasteiger partial charge in [0.2, 0.25) is 10.0 Å². The SMILES string of the molecule is O=S(=O)(c1cccc(Cl)c1Cl)N1CCC(c2nc3ccccc3[nH]2)CC1. The molecule has 0 radical (unpaired) electrons. The molecule has 1 saturated heterocycles. The van der Waals surface area contributed by atoms with Crippen LogP contribution in [0, 0.1) is 0 Å². The van der Waals surface area contributed by atoms with Gasteiger partial charge in [0.15, 0.2) is 0 Å². The van der Waals surface area contributed by atoms with Crippen molar-refractivity contribution in [1.82, 2.24) is 14.3 Å². The Morgan fingerprint density at radius 1 is 1.04 bits per heavy atom. The molecule has 0 amide bonds. The maximum absolute atomic E-state index is 12.9. The van der Waals surface area contributed by atoms with E-state index in [1.165, 1.54) is 10.4 Å². The highest BCUT2D eigenvalue weighted by molar-refractivity contribution is 7.89. The van der Waals surface area contributed by atoms with E-state index in [-0.39, 0.29) is 20.9 Å². The zero-order valence-corrected chi connectivity index (χ0v) is 16.2. The molecule has 0 saturated carbocycles. The van der Waals surface area contributed by atoms with Gasteiger partial charge in [-0.05, 0) is 37.1 Å². The minimum Gasteiger partial charge on any atom is -0.342 e. The number of sulfonamides is 1. The topological polar surface area (TPSA) is 66.1 Å². The third-order valence-electron chi connectivity index (χ3n) is 4.78. The minimum atomic E-state index is -3.66. The maximum Gasteiger partial charge on any atom is 0.244 e. The van der Waals surface area contributed by atoms with Gasteiger partial charge in [0.1, 0.15) is 10.7 Å². The smallest absolute Gasteiger partial charge is 0.244 e. The molecule has 5 nitrogen and oxygen atoms in total. The largest absolute Gasteiger partial charge is 0.342 e. The number of aromatic nitrogens is 2. The first-order chi connectivity index (χ1) is 12.5. The van der Waals surface area contributed by atoms with Gasteiger partial charge in [-0.15, -0.1) is 0 Å². The number of hydrogen-bond donors (Lipinski definition) is 1. The molecule has 0 atom stereocenters. The van der Waals surface area contributed by atoms with Crippen molar-refractivity contribution in [3.63, 3.8) is 0 Å². The van der Waals surface area contributed by atoms with Crippen molar-refractivity contribution in [2.75, 3.05) is 13.1 Å². The highest BCUT2D eigenvalue weighted by atomic mass is 35.5. The number of nitrogens with zero attached hydrogens (tertiary/aromatic N) is 2. The van der Waals surface area contributed by atoms with Gasteiger partial charge in [0.25, 0.3) is 0 Å². The number of imidazole rings is 1. The van der Waals surface area contributed by atoms with Gasteiger partial charge in [0.05, 0.1) is 21.1 Å². The molecule has 3 aromatic rings. The molecule has 0 spiro atoms. The van der Waals surface area contributed by atoms with Crippen molar-refractivity contribution in [3.05, 3.63) is 58.3 Å². The lowest BCUT2D eigenvalue weighted by molar-refractivity contribution is 0.314. The summed E-state index contributed by atoms with van der Waals surface area (Å²) >= 11 is 12.1. The number of rotatable bonds is 3. The first-order valence-electron chi connectivity index (χ1n) is 8.35. The molecular formula is C18H17Cl2N3O2S. The van der Waals surface area contributed by atoms with Crippen molar-refractivity contribution < 1.29 is 8.42 Å². The van der Waals surface area contributed by atoms with Gasteiger partial charge in [0, 0.05) is 19.0 Å². The van der Waals surface area contributed by atoms with Crippen LogP contribution in [-0.4, -0.2) is 35.8 Å². The van der Waals surface area contributed by atoms with E-state index in [0.29, 0.717) is 25.9 Å². The summed E-state index contributed by atoms with van der Waals surface area (Å²) in [6.45, 7) is 0.847. The summed E-state index contributed by atoms with van der Waals surface area (Å²) in [4.78, 5) is 8.06. The number of nitrogens with one attached hydrogen (secondary N) is 1. The van der Waals surface area contributed by atoms with E-state index in [9.17, 15) is 8.42 Å². The summed E-state index contributed by atoms with van der Waals surface area (Å²) in [6.07, 6.45) is 1.41. The Hall–Kier alpha value is -1.60. The molecule has 26 heavy (non-hydrogen) atoms. The van der Waals surface area contributed by atoms with Gasteiger partial charge < -0.3 is 4.98 Å². The lowest BCUT2D eigenvalue weighted by Crippen LogP contribution is -2.38. The van der Waals surface area contributed by atoms with Gasteiger partial charge in [-0.2, -0.15) is 4.31 Å². The predicted octanol–water partition coefficient (Wildman–Crippen LogP) is 4.44. The first kappa shape index (κ1) is 17.8. The number of hydrogen-bond acceptors (Lipinski definition) is 3. The van der Waals surface area contributed by atoms with E-state index in [0.717, 1.165) is 16.9 Å². The standard InChI is InChI=1S/C18H17Cl2N3O2S/c19-13-4-3-7-16(17(13)20)26(24,25)23-10-8-12(9-11-23)18-21-14-5-1-2-6-15(14)22-18/h1-7,12H,8-11H2,(H,21,22). The fourth-order valence-electron chi connectivity index (χ4n) is 3.36. The monoisotopic (exact) mass is 409 g/mol. The zero-order chi connectivity index (χ0) is 18.3. The summed E-state index contributed by atoms with van der Waals surface area (Å²) in [6, 6.07) is 12.6. The molecule has 0 aliphatic carbocycles. The Morgan fingerprint density at radius 3 is 2.50 bits per heavy atom. The summed E-state index contributed by atoms with van der Waals surface area (Å²) < 4.78 is 27.3. The molecule has 2 aromatic carbocycles. The highest BCUT2D eigenvalue weighted by Crippen LogP contribution is 2.34. The average molecular weight is 410 g/mol. The van der Waals surface area contributed by atoms with Crippen LogP contribution < -0.4 is 0 Å². The van der Waals surface area contributed by atoms with Crippen molar-refractivity contribution in [2.24, 2.45) is 0 Å². The number of fused-ring (bicyclic) bond motifs is 1. The zero-order valence-electron chi connectivity index (χ0n) is 13.8. The van der Waals surface area contributed by atoms with Crippen LogP contribution in [0.3, 0.4) is 0 Å². The first-order valence-corrected chi connectivity index (χ1v) is 10.6. The van der Waals surface area contributed by atoms with Crippen LogP contribution in [-0.2, 0) is 10.0 Å². The summed E-state index contributed by atoms with van der Waals surface area (Å²) in [5.41, 5.74) is 1.94. The fourth-order valence-corrected chi connectivity index (χ4v) is 5.56. The van der Waals surface area contributed by atoms with Gasteiger partial charge in [-0.3, -0.25) is 0 Å². The number of halogens is 2. The van der Waals surface area contributed by atoms with E-state index in [4.69, 9.17) is 23.2 Å².